The predicted molar refractivity (Wildman–Crippen MR) is 69.4 cm³/mol. The molecule has 0 atom stereocenters. The zero-order valence-electron chi connectivity index (χ0n) is 11.2. The van der Waals surface area contributed by atoms with Gasteiger partial charge in [-0.25, -0.2) is 0 Å². The van der Waals surface area contributed by atoms with Gasteiger partial charge in [-0.2, -0.15) is 0 Å². The van der Waals surface area contributed by atoms with E-state index in [-0.39, 0.29) is 18.8 Å². The number of ketones is 1. The van der Waals surface area contributed by atoms with E-state index in [1.165, 1.54) is 0 Å². The summed E-state index contributed by atoms with van der Waals surface area (Å²) in [5, 5.41) is 0. The van der Waals surface area contributed by atoms with E-state index >= 15 is 0 Å². The van der Waals surface area contributed by atoms with Crippen LogP contribution in [0.25, 0.3) is 0 Å². The first-order valence-corrected chi connectivity index (χ1v) is 6.08. The maximum absolute atomic E-state index is 11.7. The maximum Gasteiger partial charge on any atom is 0.313 e. The van der Waals surface area contributed by atoms with E-state index in [0.29, 0.717) is 24.5 Å². The molecule has 0 aliphatic heterocycles. The Hall–Kier alpha value is -1.88. The van der Waals surface area contributed by atoms with Crippen molar-refractivity contribution in [2.45, 2.75) is 13.3 Å². The van der Waals surface area contributed by atoms with Gasteiger partial charge in [0, 0.05) is 12.7 Å². The topological polar surface area (TPSA) is 61.8 Å². The molecule has 0 N–H and O–H groups in total. The Morgan fingerprint density at radius 1 is 1.11 bits per heavy atom. The lowest BCUT2D eigenvalue weighted by Gasteiger charge is -2.06. The van der Waals surface area contributed by atoms with Gasteiger partial charge >= 0.3 is 5.97 Å². The van der Waals surface area contributed by atoms with Gasteiger partial charge in [0.15, 0.2) is 5.78 Å². The third kappa shape index (κ3) is 5.52. The second-order valence-corrected chi connectivity index (χ2v) is 3.77. The lowest BCUT2D eigenvalue weighted by atomic mass is 10.1. The van der Waals surface area contributed by atoms with Crippen LogP contribution in [-0.4, -0.2) is 38.7 Å². The number of benzene rings is 1. The van der Waals surface area contributed by atoms with Crippen molar-refractivity contribution in [1.82, 2.24) is 0 Å². The Labute approximate surface area is 112 Å². The van der Waals surface area contributed by atoms with Crippen LogP contribution < -0.4 is 4.74 Å². The van der Waals surface area contributed by atoms with Crippen LogP contribution in [0, 0.1) is 0 Å². The summed E-state index contributed by atoms with van der Waals surface area (Å²) >= 11 is 0. The average molecular weight is 266 g/mol. The zero-order chi connectivity index (χ0) is 14.1. The van der Waals surface area contributed by atoms with Gasteiger partial charge in [-0.3, -0.25) is 9.59 Å². The Balaban J connectivity index is 2.50. The first-order valence-electron chi connectivity index (χ1n) is 6.08. The molecule has 0 saturated carbocycles. The molecule has 1 aromatic carbocycles. The summed E-state index contributed by atoms with van der Waals surface area (Å²) in [6.07, 6.45) is -0.238. The highest BCUT2D eigenvalue weighted by molar-refractivity contribution is 6.05. The third-order valence-electron chi connectivity index (χ3n) is 2.34. The Morgan fingerprint density at radius 2 is 1.79 bits per heavy atom. The van der Waals surface area contributed by atoms with Gasteiger partial charge in [0.1, 0.15) is 18.8 Å². The van der Waals surface area contributed by atoms with Crippen molar-refractivity contribution in [3.8, 4) is 5.75 Å². The fourth-order valence-electron chi connectivity index (χ4n) is 1.43. The standard InChI is InChI=1S/C14H18O5/c1-3-18-14(16)10-13(15)11-4-6-12(7-5-11)19-9-8-17-2/h4-7H,3,8-10H2,1-2H3. The van der Waals surface area contributed by atoms with Crippen LogP contribution in [-0.2, 0) is 14.3 Å². The van der Waals surface area contributed by atoms with Gasteiger partial charge in [-0.15, -0.1) is 0 Å². The summed E-state index contributed by atoms with van der Waals surface area (Å²) in [6.45, 7) is 2.93. The highest BCUT2D eigenvalue weighted by atomic mass is 16.5. The van der Waals surface area contributed by atoms with Crippen LogP contribution >= 0.6 is 0 Å². The number of hydrogen-bond acceptors (Lipinski definition) is 5. The Kier molecular flexibility index (Phi) is 6.60. The summed E-state index contributed by atoms with van der Waals surface area (Å²) < 4.78 is 15.0. The summed E-state index contributed by atoms with van der Waals surface area (Å²) in [6, 6.07) is 6.63. The number of hydrogen-bond donors (Lipinski definition) is 0. The third-order valence-corrected chi connectivity index (χ3v) is 2.34. The molecular weight excluding hydrogens is 248 g/mol. The van der Waals surface area contributed by atoms with Crippen molar-refractivity contribution in [2.75, 3.05) is 26.9 Å². The minimum Gasteiger partial charge on any atom is -0.491 e. The first kappa shape index (κ1) is 15.2. The number of Topliss-reactive ketones (excluding diaryl/α,β-unsaturated/α-hetero) is 1. The van der Waals surface area contributed by atoms with Crippen LogP contribution in [0.5, 0.6) is 5.75 Å². The van der Waals surface area contributed by atoms with Crippen LogP contribution in [0.2, 0.25) is 0 Å². The molecule has 0 aliphatic carbocycles. The number of esters is 1. The highest BCUT2D eigenvalue weighted by Crippen LogP contribution is 2.13. The van der Waals surface area contributed by atoms with E-state index in [2.05, 4.69) is 0 Å². The van der Waals surface area contributed by atoms with Gasteiger partial charge in [-0.1, -0.05) is 0 Å². The van der Waals surface area contributed by atoms with Crippen molar-refractivity contribution >= 4 is 11.8 Å². The summed E-state index contributed by atoms with van der Waals surface area (Å²) in [7, 11) is 1.60. The lowest BCUT2D eigenvalue weighted by molar-refractivity contribution is -0.141. The normalized spacial score (nSPS) is 10.0. The maximum atomic E-state index is 11.7. The lowest BCUT2D eigenvalue weighted by Crippen LogP contribution is -2.11. The van der Waals surface area contributed by atoms with Crippen molar-refractivity contribution < 1.29 is 23.8 Å². The molecule has 0 heterocycles. The molecule has 0 radical (unpaired) electrons. The molecule has 0 saturated heterocycles. The fraction of sp³-hybridized carbons (Fsp3) is 0.429. The second kappa shape index (κ2) is 8.26. The molecule has 1 aromatic rings. The molecule has 5 nitrogen and oxygen atoms in total. The molecule has 5 heteroatoms. The molecule has 0 spiro atoms. The van der Waals surface area contributed by atoms with E-state index in [9.17, 15) is 9.59 Å². The summed E-state index contributed by atoms with van der Waals surface area (Å²) in [4.78, 5) is 22.9. The largest absolute Gasteiger partial charge is 0.491 e. The minimum atomic E-state index is -0.507. The van der Waals surface area contributed by atoms with Crippen LogP contribution in [0.4, 0.5) is 0 Å². The summed E-state index contributed by atoms with van der Waals surface area (Å²) in [5.41, 5.74) is 0.465. The molecule has 0 unspecified atom stereocenters. The van der Waals surface area contributed by atoms with Crippen LogP contribution in [0.3, 0.4) is 0 Å². The van der Waals surface area contributed by atoms with Crippen molar-refractivity contribution in [3.63, 3.8) is 0 Å². The van der Waals surface area contributed by atoms with E-state index in [1.807, 2.05) is 0 Å². The summed E-state index contributed by atoms with van der Waals surface area (Å²) in [5.74, 6) is -0.112. The van der Waals surface area contributed by atoms with E-state index in [4.69, 9.17) is 14.2 Å². The molecular formula is C14H18O5. The highest BCUT2D eigenvalue weighted by Gasteiger charge is 2.12. The molecule has 0 fully saturated rings. The molecule has 1 rings (SSSR count). The molecule has 19 heavy (non-hydrogen) atoms. The van der Waals surface area contributed by atoms with Gasteiger partial charge in [0.25, 0.3) is 0 Å². The molecule has 0 bridgehead atoms. The molecule has 104 valence electrons. The average Bonchev–Trinajstić information content (AvgIpc) is 2.40. The van der Waals surface area contributed by atoms with Crippen molar-refractivity contribution in [1.29, 1.82) is 0 Å². The molecule has 0 aromatic heterocycles. The number of carbonyl (C=O) groups is 2. The fourth-order valence-corrected chi connectivity index (χ4v) is 1.43. The van der Waals surface area contributed by atoms with E-state index in [1.54, 1.807) is 38.3 Å². The minimum absolute atomic E-state index is 0.238. The smallest absolute Gasteiger partial charge is 0.313 e. The number of carbonyl (C=O) groups excluding carboxylic acids is 2. The predicted octanol–water partition coefficient (Wildman–Crippen LogP) is 1.85. The Morgan fingerprint density at radius 3 is 2.37 bits per heavy atom. The Bertz CT molecular complexity index is 410. The zero-order valence-corrected chi connectivity index (χ0v) is 11.2. The van der Waals surface area contributed by atoms with E-state index < -0.39 is 5.97 Å². The van der Waals surface area contributed by atoms with Crippen LogP contribution in [0.15, 0.2) is 24.3 Å². The van der Waals surface area contributed by atoms with Crippen molar-refractivity contribution in [3.05, 3.63) is 29.8 Å². The number of rotatable bonds is 8. The molecule has 0 aliphatic rings. The SMILES string of the molecule is CCOC(=O)CC(=O)c1ccc(OCCOC)cc1. The quantitative estimate of drug-likeness (QED) is 0.311. The number of methoxy groups -OCH3 is 1. The van der Waals surface area contributed by atoms with Gasteiger partial charge in [-0.05, 0) is 31.2 Å². The van der Waals surface area contributed by atoms with Gasteiger partial charge < -0.3 is 14.2 Å². The molecule has 0 amide bonds. The number of ether oxygens (including phenoxy) is 3. The van der Waals surface area contributed by atoms with Gasteiger partial charge in [0.2, 0.25) is 0 Å². The second-order valence-electron chi connectivity index (χ2n) is 3.77. The van der Waals surface area contributed by atoms with E-state index in [0.717, 1.165) is 0 Å². The monoisotopic (exact) mass is 266 g/mol. The van der Waals surface area contributed by atoms with Crippen molar-refractivity contribution in [2.24, 2.45) is 0 Å². The first-order chi connectivity index (χ1) is 9.17. The van der Waals surface area contributed by atoms with Crippen LogP contribution in [0.1, 0.15) is 23.7 Å². The van der Waals surface area contributed by atoms with Gasteiger partial charge in [0.05, 0.1) is 13.2 Å².